The van der Waals surface area contributed by atoms with E-state index in [1.54, 1.807) is 17.7 Å². The van der Waals surface area contributed by atoms with Gasteiger partial charge in [0.2, 0.25) is 5.56 Å². The summed E-state index contributed by atoms with van der Waals surface area (Å²) < 4.78 is 2.76. The monoisotopic (exact) mass is 332 g/mol. The molecule has 0 spiro atoms. The molecule has 1 aliphatic rings. The predicted octanol–water partition coefficient (Wildman–Crippen LogP) is 3.12. The number of nitrogens with one attached hydrogen (secondary N) is 1. The molecule has 4 heteroatoms. The van der Waals surface area contributed by atoms with Crippen molar-refractivity contribution in [3.8, 4) is 0 Å². The summed E-state index contributed by atoms with van der Waals surface area (Å²) in [6.07, 6.45) is 5.11. The van der Waals surface area contributed by atoms with Crippen molar-refractivity contribution in [3.05, 3.63) is 62.5 Å². The zero-order valence-electron chi connectivity index (χ0n) is 11.4. The molecule has 20 heavy (non-hydrogen) atoms. The molecule has 0 amide bonds. The second kappa shape index (κ2) is 5.44. The van der Waals surface area contributed by atoms with E-state index < -0.39 is 0 Å². The fraction of sp³-hybridized carbons (Fsp3) is 0.312. The minimum absolute atomic E-state index is 0.0226. The fourth-order valence-electron chi connectivity index (χ4n) is 2.76. The Morgan fingerprint density at radius 3 is 2.90 bits per heavy atom. The Balaban J connectivity index is 1.75. The van der Waals surface area contributed by atoms with Crippen LogP contribution in [0.2, 0.25) is 0 Å². The maximum Gasteiger partial charge on any atom is 0.250 e. The standard InChI is InChI=1S/C16H17BrN2O/c1-19-10-15(6-7-16(19)20)18-14-5-3-11-8-13(17)4-2-12(11)9-14/h2,4,6-8,10,14,18H,3,5,9H2,1H3. The van der Waals surface area contributed by atoms with Gasteiger partial charge in [-0.05, 0) is 48.6 Å². The highest BCUT2D eigenvalue weighted by Gasteiger charge is 2.18. The van der Waals surface area contributed by atoms with E-state index in [9.17, 15) is 4.79 Å². The molecule has 2 aromatic rings. The summed E-state index contributed by atoms with van der Waals surface area (Å²) in [7, 11) is 1.78. The van der Waals surface area contributed by atoms with E-state index in [1.807, 2.05) is 12.3 Å². The van der Waals surface area contributed by atoms with Crippen molar-refractivity contribution in [2.45, 2.75) is 25.3 Å². The number of hydrogen-bond donors (Lipinski definition) is 1. The molecule has 0 saturated heterocycles. The van der Waals surface area contributed by atoms with Gasteiger partial charge in [0.25, 0.3) is 0 Å². The van der Waals surface area contributed by atoms with E-state index in [1.165, 1.54) is 11.1 Å². The lowest BCUT2D eigenvalue weighted by molar-refractivity contribution is 0.609. The molecule has 3 rings (SSSR count). The zero-order valence-corrected chi connectivity index (χ0v) is 13.0. The lowest BCUT2D eigenvalue weighted by Crippen LogP contribution is -2.28. The highest BCUT2D eigenvalue weighted by atomic mass is 79.9. The van der Waals surface area contributed by atoms with Crippen molar-refractivity contribution < 1.29 is 0 Å². The molecule has 104 valence electrons. The normalized spacial score (nSPS) is 17.6. The summed E-state index contributed by atoms with van der Waals surface area (Å²) in [4.78, 5) is 11.4. The second-order valence-electron chi connectivity index (χ2n) is 5.36. The van der Waals surface area contributed by atoms with Crippen LogP contribution in [-0.2, 0) is 19.9 Å². The Hall–Kier alpha value is -1.55. The number of benzene rings is 1. The van der Waals surface area contributed by atoms with E-state index in [-0.39, 0.29) is 5.56 Å². The van der Waals surface area contributed by atoms with Crippen LogP contribution in [-0.4, -0.2) is 10.6 Å². The molecule has 0 saturated carbocycles. The molecule has 1 atom stereocenters. The summed E-state index contributed by atoms with van der Waals surface area (Å²) in [6.45, 7) is 0. The summed E-state index contributed by atoms with van der Waals surface area (Å²) in [6, 6.07) is 10.4. The molecule has 1 aromatic heterocycles. The molecular formula is C16H17BrN2O. The Kier molecular flexibility index (Phi) is 3.66. The van der Waals surface area contributed by atoms with Gasteiger partial charge in [0.1, 0.15) is 0 Å². The van der Waals surface area contributed by atoms with Crippen LogP contribution in [0.1, 0.15) is 17.5 Å². The maximum atomic E-state index is 11.4. The number of fused-ring (bicyclic) bond motifs is 1. The van der Waals surface area contributed by atoms with Gasteiger partial charge in [-0.15, -0.1) is 0 Å². The highest BCUT2D eigenvalue weighted by molar-refractivity contribution is 9.10. The third-order valence-corrected chi connectivity index (χ3v) is 4.35. The first-order valence-electron chi connectivity index (χ1n) is 6.82. The summed E-state index contributed by atoms with van der Waals surface area (Å²) in [5.74, 6) is 0. The summed E-state index contributed by atoms with van der Waals surface area (Å²) >= 11 is 3.53. The van der Waals surface area contributed by atoms with E-state index >= 15 is 0 Å². The molecule has 1 aliphatic carbocycles. The van der Waals surface area contributed by atoms with E-state index in [2.05, 4.69) is 39.4 Å². The SMILES string of the molecule is Cn1cc(NC2CCc3cc(Br)ccc3C2)ccc1=O. The van der Waals surface area contributed by atoms with E-state index in [0.717, 1.165) is 29.4 Å². The Morgan fingerprint density at radius 1 is 1.25 bits per heavy atom. The van der Waals surface area contributed by atoms with Gasteiger partial charge >= 0.3 is 0 Å². The zero-order chi connectivity index (χ0) is 14.1. The number of aryl methyl sites for hydroxylation is 2. The van der Waals surface area contributed by atoms with Gasteiger partial charge in [-0.3, -0.25) is 4.79 Å². The first kappa shape index (κ1) is 13.4. The minimum Gasteiger partial charge on any atom is -0.381 e. The summed E-state index contributed by atoms with van der Waals surface area (Å²) in [5.41, 5.74) is 3.90. The molecule has 0 aliphatic heterocycles. The predicted molar refractivity (Wildman–Crippen MR) is 85.3 cm³/mol. The van der Waals surface area contributed by atoms with Gasteiger partial charge in [-0.1, -0.05) is 22.0 Å². The van der Waals surface area contributed by atoms with Gasteiger partial charge in [0.15, 0.2) is 0 Å². The van der Waals surface area contributed by atoms with Crippen molar-refractivity contribution in [1.82, 2.24) is 4.57 Å². The van der Waals surface area contributed by atoms with Crippen LogP contribution in [0.3, 0.4) is 0 Å². The molecule has 0 fully saturated rings. The smallest absolute Gasteiger partial charge is 0.250 e. The van der Waals surface area contributed by atoms with Crippen LogP contribution >= 0.6 is 15.9 Å². The lowest BCUT2D eigenvalue weighted by atomic mass is 9.88. The molecule has 1 N–H and O–H groups in total. The fourth-order valence-corrected chi connectivity index (χ4v) is 3.17. The molecule has 1 unspecified atom stereocenters. The van der Waals surface area contributed by atoms with Crippen LogP contribution < -0.4 is 10.9 Å². The molecule has 3 nitrogen and oxygen atoms in total. The second-order valence-corrected chi connectivity index (χ2v) is 6.28. The Labute approximate surface area is 126 Å². The average Bonchev–Trinajstić information content (AvgIpc) is 2.43. The Bertz CT molecular complexity index is 693. The number of aromatic nitrogens is 1. The topological polar surface area (TPSA) is 34.0 Å². The number of rotatable bonds is 2. The van der Waals surface area contributed by atoms with Gasteiger partial charge < -0.3 is 9.88 Å². The molecular weight excluding hydrogens is 316 g/mol. The van der Waals surface area contributed by atoms with Crippen molar-refractivity contribution in [2.24, 2.45) is 7.05 Å². The average molecular weight is 333 g/mol. The van der Waals surface area contributed by atoms with E-state index in [0.29, 0.717) is 6.04 Å². The first-order valence-corrected chi connectivity index (χ1v) is 7.61. The van der Waals surface area contributed by atoms with Gasteiger partial charge in [0.05, 0.1) is 5.69 Å². The van der Waals surface area contributed by atoms with Crippen molar-refractivity contribution >= 4 is 21.6 Å². The number of hydrogen-bond acceptors (Lipinski definition) is 2. The van der Waals surface area contributed by atoms with Gasteiger partial charge in [-0.2, -0.15) is 0 Å². The maximum absolute atomic E-state index is 11.4. The molecule has 1 heterocycles. The highest BCUT2D eigenvalue weighted by Crippen LogP contribution is 2.26. The summed E-state index contributed by atoms with van der Waals surface area (Å²) in [5, 5.41) is 3.53. The van der Waals surface area contributed by atoms with Crippen molar-refractivity contribution in [2.75, 3.05) is 5.32 Å². The van der Waals surface area contributed by atoms with E-state index in [4.69, 9.17) is 0 Å². The van der Waals surface area contributed by atoms with Crippen LogP contribution in [0.25, 0.3) is 0 Å². The number of pyridine rings is 1. The van der Waals surface area contributed by atoms with Gasteiger partial charge in [-0.25, -0.2) is 0 Å². The van der Waals surface area contributed by atoms with Crippen molar-refractivity contribution in [3.63, 3.8) is 0 Å². The minimum atomic E-state index is 0.0226. The van der Waals surface area contributed by atoms with Crippen LogP contribution in [0.15, 0.2) is 45.8 Å². The third kappa shape index (κ3) is 2.80. The quantitative estimate of drug-likeness (QED) is 0.916. The van der Waals surface area contributed by atoms with Crippen LogP contribution in [0.5, 0.6) is 0 Å². The molecule has 0 radical (unpaired) electrons. The lowest BCUT2D eigenvalue weighted by Gasteiger charge is -2.26. The van der Waals surface area contributed by atoms with Crippen LogP contribution in [0, 0.1) is 0 Å². The first-order chi connectivity index (χ1) is 9.61. The van der Waals surface area contributed by atoms with Crippen molar-refractivity contribution in [1.29, 1.82) is 0 Å². The third-order valence-electron chi connectivity index (χ3n) is 3.85. The number of halogens is 1. The molecule has 0 bridgehead atoms. The van der Waals surface area contributed by atoms with Gasteiger partial charge in [0, 0.05) is 29.8 Å². The Morgan fingerprint density at radius 2 is 2.10 bits per heavy atom. The van der Waals surface area contributed by atoms with Crippen LogP contribution in [0.4, 0.5) is 5.69 Å². The molecule has 1 aromatic carbocycles. The largest absolute Gasteiger partial charge is 0.381 e. The number of nitrogens with zero attached hydrogens (tertiary/aromatic N) is 1. The number of anilines is 1.